The Hall–Kier alpha value is -2.80. The van der Waals surface area contributed by atoms with Crippen LogP contribution in [0.1, 0.15) is 19.4 Å². The molecule has 0 saturated carbocycles. The monoisotopic (exact) mass is 375 g/mol. The maximum absolute atomic E-state index is 14.0. The van der Waals surface area contributed by atoms with E-state index in [1.165, 1.54) is 35.2 Å². The van der Waals surface area contributed by atoms with E-state index in [9.17, 15) is 18.4 Å². The van der Waals surface area contributed by atoms with Gasteiger partial charge in [0.2, 0.25) is 11.8 Å². The van der Waals surface area contributed by atoms with Crippen molar-refractivity contribution in [3.05, 3.63) is 65.7 Å². The molecule has 3 N–H and O–H groups in total. The Bertz CT molecular complexity index is 794. The Morgan fingerprint density at radius 3 is 2.30 bits per heavy atom. The fraction of sp³-hybridized carbons (Fsp3) is 0.300. The van der Waals surface area contributed by atoms with Gasteiger partial charge in [0.15, 0.2) is 0 Å². The zero-order valence-electron chi connectivity index (χ0n) is 15.3. The van der Waals surface area contributed by atoms with E-state index >= 15 is 0 Å². The number of amides is 2. The highest BCUT2D eigenvalue weighted by atomic mass is 19.1. The van der Waals surface area contributed by atoms with Crippen molar-refractivity contribution in [3.63, 3.8) is 0 Å². The van der Waals surface area contributed by atoms with Crippen LogP contribution in [0.4, 0.5) is 14.5 Å². The molecule has 0 aliphatic rings. The number of nitrogens with zero attached hydrogens (tertiary/aromatic N) is 1. The normalized spacial score (nSPS) is 11.9. The number of benzene rings is 2. The van der Waals surface area contributed by atoms with Crippen LogP contribution >= 0.6 is 0 Å². The lowest BCUT2D eigenvalue weighted by Gasteiger charge is -2.24. The van der Waals surface area contributed by atoms with Crippen LogP contribution in [-0.4, -0.2) is 24.4 Å². The van der Waals surface area contributed by atoms with E-state index in [1.54, 1.807) is 32.0 Å². The zero-order chi connectivity index (χ0) is 20.0. The lowest BCUT2D eigenvalue weighted by atomic mass is 10.1. The van der Waals surface area contributed by atoms with Gasteiger partial charge in [0, 0.05) is 11.3 Å². The van der Waals surface area contributed by atoms with Crippen molar-refractivity contribution in [1.82, 2.24) is 5.32 Å². The summed E-state index contributed by atoms with van der Waals surface area (Å²) in [5.74, 6) is -1.89. The van der Waals surface area contributed by atoms with Gasteiger partial charge in [0.25, 0.3) is 0 Å². The van der Waals surface area contributed by atoms with Crippen LogP contribution in [0.5, 0.6) is 0 Å². The Balaban J connectivity index is 2.18. The maximum atomic E-state index is 14.0. The van der Waals surface area contributed by atoms with Gasteiger partial charge in [-0.05, 0) is 36.2 Å². The van der Waals surface area contributed by atoms with Gasteiger partial charge in [-0.3, -0.25) is 9.59 Å². The van der Waals surface area contributed by atoms with Crippen LogP contribution in [0, 0.1) is 17.6 Å². The van der Waals surface area contributed by atoms with Crippen molar-refractivity contribution in [3.8, 4) is 0 Å². The summed E-state index contributed by atoms with van der Waals surface area (Å²) in [4.78, 5) is 26.0. The highest BCUT2D eigenvalue weighted by Crippen LogP contribution is 2.19. The molecule has 0 fully saturated rings. The minimum Gasteiger partial charge on any atom is -0.346 e. The number of nitrogens with two attached hydrogens (primary N) is 1. The number of hydrogen-bond acceptors (Lipinski definition) is 3. The summed E-state index contributed by atoms with van der Waals surface area (Å²) in [5, 5.41) is 2.50. The lowest BCUT2D eigenvalue weighted by molar-refractivity contribution is -0.126. The number of halogens is 2. The fourth-order valence-electron chi connectivity index (χ4n) is 2.42. The maximum Gasteiger partial charge on any atom is 0.246 e. The second-order valence-corrected chi connectivity index (χ2v) is 6.54. The average molecular weight is 375 g/mol. The molecule has 5 nitrogen and oxygen atoms in total. The van der Waals surface area contributed by atoms with Gasteiger partial charge in [0.05, 0.1) is 19.1 Å². The first-order valence-electron chi connectivity index (χ1n) is 8.62. The van der Waals surface area contributed by atoms with Crippen molar-refractivity contribution in [2.75, 3.05) is 11.4 Å². The van der Waals surface area contributed by atoms with Crippen molar-refractivity contribution in [1.29, 1.82) is 0 Å². The molecular weight excluding hydrogens is 352 g/mol. The Morgan fingerprint density at radius 1 is 1.07 bits per heavy atom. The second-order valence-electron chi connectivity index (χ2n) is 6.54. The summed E-state index contributed by atoms with van der Waals surface area (Å²) in [6.45, 7) is 3.25. The van der Waals surface area contributed by atoms with Crippen LogP contribution in [0.2, 0.25) is 0 Å². The van der Waals surface area contributed by atoms with Gasteiger partial charge in [-0.25, -0.2) is 8.78 Å². The number of carbonyl (C=O) groups excluding carboxylic acids is 2. The summed E-state index contributed by atoms with van der Waals surface area (Å²) in [7, 11) is 0. The van der Waals surface area contributed by atoms with E-state index < -0.39 is 29.5 Å². The van der Waals surface area contributed by atoms with Crippen molar-refractivity contribution < 1.29 is 18.4 Å². The first-order valence-corrected chi connectivity index (χ1v) is 8.62. The first kappa shape index (κ1) is 20.5. The smallest absolute Gasteiger partial charge is 0.246 e. The first-order chi connectivity index (χ1) is 12.8. The number of carbonyl (C=O) groups is 2. The van der Waals surface area contributed by atoms with Gasteiger partial charge in [-0.1, -0.05) is 32.0 Å². The highest BCUT2D eigenvalue weighted by Gasteiger charge is 2.21. The molecule has 0 unspecified atom stereocenters. The van der Waals surface area contributed by atoms with Crippen molar-refractivity contribution in [2.24, 2.45) is 11.7 Å². The molecule has 0 heterocycles. The van der Waals surface area contributed by atoms with Crippen LogP contribution < -0.4 is 16.0 Å². The Labute approximate surface area is 157 Å². The lowest BCUT2D eigenvalue weighted by Crippen LogP contribution is -2.48. The summed E-state index contributed by atoms with van der Waals surface area (Å²) >= 11 is 0. The molecule has 27 heavy (non-hydrogen) atoms. The van der Waals surface area contributed by atoms with E-state index in [-0.39, 0.29) is 19.0 Å². The standard InChI is InChI=1S/C20H23F2N3O2/c1-13(2)19(23)20(27)24-11-18(26)25(16-9-7-15(21)8-10-16)12-14-5-3-4-6-17(14)22/h3-10,13,19H,11-12,23H2,1-2H3,(H,24,27)/t19-/m0/s1. The summed E-state index contributed by atoms with van der Waals surface area (Å²) in [5.41, 5.74) is 6.47. The molecule has 0 saturated heterocycles. The molecule has 0 bridgehead atoms. The number of anilines is 1. The Morgan fingerprint density at radius 2 is 1.70 bits per heavy atom. The van der Waals surface area contributed by atoms with Crippen molar-refractivity contribution in [2.45, 2.75) is 26.4 Å². The SMILES string of the molecule is CC(C)[C@H](N)C(=O)NCC(=O)N(Cc1ccccc1F)c1ccc(F)cc1. The van der Waals surface area contributed by atoms with Gasteiger partial charge in [-0.15, -0.1) is 0 Å². The fourth-order valence-corrected chi connectivity index (χ4v) is 2.42. The molecule has 2 amide bonds. The van der Waals surface area contributed by atoms with E-state index in [4.69, 9.17) is 5.73 Å². The Kier molecular flexibility index (Phi) is 7.01. The number of nitrogens with one attached hydrogen (secondary N) is 1. The number of rotatable bonds is 7. The average Bonchev–Trinajstić information content (AvgIpc) is 2.65. The molecule has 2 aromatic rings. The predicted molar refractivity (Wildman–Crippen MR) is 99.8 cm³/mol. The zero-order valence-corrected chi connectivity index (χ0v) is 15.3. The summed E-state index contributed by atoms with van der Waals surface area (Å²) in [6, 6.07) is 10.6. The molecule has 1 atom stereocenters. The molecule has 144 valence electrons. The van der Waals surface area contributed by atoms with E-state index in [0.29, 0.717) is 11.3 Å². The molecule has 0 aliphatic carbocycles. The minimum absolute atomic E-state index is 0.0523. The third-order valence-corrected chi connectivity index (χ3v) is 4.16. The largest absolute Gasteiger partial charge is 0.346 e. The third-order valence-electron chi connectivity index (χ3n) is 4.16. The molecule has 0 radical (unpaired) electrons. The molecule has 2 rings (SSSR count). The van der Waals surface area contributed by atoms with Crippen LogP contribution in [0.25, 0.3) is 0 Å². The second kappa shape index (κ2) is 9.23. The molecular formula is C20H23F2N3O2. The topological polar surface area (TPSA) is 75.4 Å². The van der Waals surface area contributed by atoms with Gasteiger partial charge < -0.3 is 16.0 Å². The van der Waals surface area contributed by atoms with Crippen molar-refractivity contribution >= 4 is 17.5 Å². The van der Waals surface area contributed by atoms with Gasteiger partial charge in [-0.2, -0.15) is 0 Å². The molecule has 0 aromatic heterocycles. The molecule has 7 heteroatoms. The quantitative estimate of drug-likeness (QED) is 0.781. The summed E-state index contributed by atoms with van der Waals surface area (Å²) in [6.07, 6.45) is 0. The highest BCUT2D eigenvalue weighted by molar-refractivity contribution is 5.97. The predicted octanol–water partition coefficient (Wildman–Crippen LogP) is 2.60. The van der Waals surface area contributed by atoms with Crippen LogP contribution in [0.15, 0.2) is 48.5 Å². The minimum atomic E-state index is -0.733. The van der Waals surface area contributed by atoms with E-state index in [0.717, 1.165) is 0 Å². The summed E-state index contributed by atoms with van der Waals surface area (Å²) < 4.78 is 27.2. The third kappa shape index (κ3) is 5.59. The van der Waals surface area contributed by atoms with E-state index in [1.807, 2.05) is 0 Å². The molecule has 0 aliphatic heterocycles. The van der Waals surface area contributed by atoms with Crippen LogP contribution in [-0.2, 0) is 16.1 Å². The molecule has 0 spiro atoms. The number of hydrogen-bond donors (Lipinski definition) is 2. The van der Waals surface area contributed by atoms with Gasteiger partial charge >= 0.3 is 0 Å². The molecule has 2 aromatic carbocycles. The van der Waals surface area contributed by atoms with Gasteiger partial charge in [0.1, 0.15) is 11.6 Å². The van der Waals surface area contributed by atoms with Crippen LogP contribution in [0.3, 0.4) is 0 Å². The van der Waals surface area contributed by atoms with E-state index in [2.05, 4.69) is 5.32 Å².